The van der Waals surface area contributed by atoms with Crippen molar-refractivity contribution in [1.82, 2.24) is 25.4 Å². The van der Waals surface area contributed by atoms with Gasteiger partial charge in [-0.3, -0.25) is 9.48 Å². The van der Waals surface area contributed by atoms with E-state index in [1.165, 1.54) is 0 Å². The van der Waals surface area contributed by atoms with E-state index in [0.717, 1.165) is 47.8 Å². The molecular formula is C20H23N5OS. The molecular weight excluding hydrogens is 358 g/mol. The first kappa shape index (κ1) is 17.9. The second-order valence-electron chi connectivity index (χ2n) is 6.84. The molecule has 1 amide bonds. The van der Waals surface area contributed by atoms with E-state index in [1.807, 2.05) is 36.0 Å². The van der Waals surface area contributed by atoms with Gasteiger partial charge in [0.1, 0.15) is 0 Å². The van der Waals surface area contributed by atoms with Crippen molar-refractivity contribution in [3.05, 3.63) is 58.2 Å². The van der Waals surface area contributed by atoms with Crippen LogP contribution in [-0.4, -0.2) is 33.8 Å². The molecule has 0 bridgehead atoms. The van der Waals surface area contributed by atoms with Gasteiger partial charge in [0.2, 0.25) is 0 Å². The maximum absolute atomic E-state index is 12.5. The molecule has 1 aliphatic heterocycles. The zero-order valence-corrected chi connectivity index (χ0v) is 16.1. The quantitative estimate of drug-likeness (QED) is 0.712. The molecule has 1 aromatic carbocycles. The minimum absolute atomic E-state index is 0.0973. The van der Waals surface area contributed by atoms with Gasteiger partial charge in [0.15, 0.2) is 0 Å². The van der Waals surface area contributed by atoms with Gasteiger partial charge in [0.25, 0.3) is 5.91 Å². The fourth-order valence-electron chi connectivity index (χ4n) is 3.34. The van der Waals surface area contributed by atoms with Crippen molar-refractivity contribution in [2.75, 3.05) is 13.1 Å². The van der Waals surface area contributed by atoms with E-state index < -0.39 is 0 Å². The molecule has 3 heterocycles. The molecule has 140 valence electrons. The Balaban J connectivity index is 1.39. The highest BCUT2D eigenvalue weighted by molar-refractivity contribution is 7.09. The highest BCUT2D eigenvalue weighted by atomic mass is 32.1. The molecule has 3 aromatic rings. The summed E-state index contributed by atoms with van der Waals surface area (Å²) in [4.78, 5) is 17.0. The van der Waals surface area contributed by atoms with Gasteiger partial charge in [-0.1, -0.05) is 18.2 Å². The van der Waals surface area contributed by atoms with Crippen LogP contribution in [0.4, 0.5) is 0 Å². The highest BCUT2D eigenvalue weighted by Crippen LogP contribution is 2.22. The summed E-state index contributed by atoms with van der Waals surface area (Å²) in [5.41, 5.74) is 3.71. The van der Waals surface area contributed by atoms with E-state index in [4.69, 9.17) is 0 Å². The first-order chi connectivity index (χ1) is 13.2. The summed E-state index contributed by atoms with van der Waals surface area (Å²) < 4.78 is 1.91. The Morgan fingerprint density at radius 2 is 2.37 bits per heavy atom. The van der Waals surface area contributed by atoms with Crippen LogP contribution in [0.2, 0.25) is 0 Å². The van der Waals surface area contributed by atoms with Crippen LogP contribution in [0.3, 0.4) is 0 Å². The van der Waals surface area contributed by atoms with Gasteiger partial charge in [-0.25, -0.2) is 4.98 Å². The standard InChI is InChI=1S/C20H23N5OS/c1-14-24-19(13-27-14)16-5-2-4-15(8-16)9-22-20(26)17-10-23-25(12-17)18-6-3-7-21-11-18/h2,4-5,8,10,12-13,18,21H,3,6-7,9,11H2,1H3,(H,22,26). The molecule has 6 nitrogen and oxygen atoms in total. The SMILES string of the molecule is Cc1nc(-c2cccc(CNC(=O)c3cnn(C4CCCNC4)c3)c2)cs1. The van der Waals surface area contributed by atoms with E-state index in [-0.39, 0.29) is 5.91 Å². The number of amides is 1. The average molecular weight is 382 g/mol. The molecule has 2 N–H and O–H groups in total. The Morgan fingerprint density at radius 1 is 1.44 bits per heavy atom. The Labute approximate surface area is 162 Å². The van der Waals surface area contributed by atoms with Crippen molar-refractivity contribution < 1.29 is 4.79 Å². The Hall–Kier alpha value is -2.51. The van der Waals surface area contributed by atoms with Crippen molar-refractivity contribution in [3.8, 4) is 11.3 Å². The number of carbonyl (C=O) groups is 1. The lowest BCUT2D eigenvalue weighted by Crippen LogP contribution is -2.31. The van der Waals surface area contributed by atoms with Gasteiger partial charge in [-0.15, -0.1) is 11.3 Å². The second kappa shape index (κ2) is 8.02. The molecule has 1 unspecified atom stereocenters. The van der Waals surface area contributed by atoms with Crippen LogP contribution in [0, 0.1) is 6.92 Å². The predicted octanol–water partition coefficient (Wildman–Crippen LogP) is 3.17. The van der Waals surface area contributed by atoms with Crippen molar-refractivity contribution in [3.63, 3.8) is 0 Å². The molecule has 27 heavy (non-hydrogen) atoms. The monoisotopic (exact) mass is 381 g/mol. The smallest absolute Gasteiger partial charge is 0.254 e. The summed E-state index contributed by atoms with van der Waals surface area (Å²) >= 11 is 1.64. The summed E-state index contributed by atoms with van der Waals surface area (Å²) in [6.07, 6.45) is 5.74. The number of nitrogens with one attached hydrogen (secondary N) is 2. The van der Waals surface area contributed by atoms with Crippen LogP contribution in [0.25, 0.3) is 11.3 Å². The average Bonchev–Trinajstić information content (AvgIpc) is 3.36. The number of nitrogens with zero attached hydrogens (tertiary/aromatic N) is 3. The summed E-state index contributed by atoms with van der Waals surface area (Å²) in [6, 6.07) is 8.46. The highest BCUT2D eigenvalue weighted by Gasteiger charge is 2.17. The maximum atomic E-state index is 12.5. The van der Waals surface area contributed by atoms with E-state index in [2.05, 4.69) is 32.2 Å². The van der Waals surface area contributed by atoms with Gasteiger partial charge in [0, 0.05) is 30.2 Å². The van der Waals surface area contributed by atoms with E-state index >= 15 is 0 Å². The number of hydrogen-bond acceptors (Lipinski definition) is 5. The van der Waals surface area contributed by atoms with Gasteiger partial charge < -0.3 is 10.6 Å². The third-order valence-corrected chi connectivity index (χ3v) is 5.58. The zero-order chi connectivity index (χ0) is 18.6. The summed E-state index contributed by atoms with van der Waals surface area (Å²) in [7, 11) is 0. The predicted molar refractivity (Wildman–Crippen MR) is 107 cm³/mol. The van der Waals surface area contributed by atoms with E-state index in [0.29, 0.717) is 18.2 Å². The first-order valence-corrected chi connectivity index (χ1v) is 10.1. The number of hydrogen-bond donors (Lipinski definition) is 2. The summed E-state index contributed by atoms with van der Waals surface area (Å²) in [5, 5.41) is 13.9. The third kappa shape index (κ3) is 4.26. The normalized spacial score (nSPS) is 17.0. The Bertz CT molecular complexity index is 926. The van der Waals surface area contributed by atoms with Crippen molar-refractivity contribution in [1.29, 1.82) is 0 Å². The van der Waals surface area contributed by atoms with Gasteiger partial charge in [-0.2, -0.15) is 5.10 Å². The molecule has 0 aliphatic carbocycles. The lowest BCUT2D eigenvalue weighted by atomic mass is 10.1. The lowest BCUT2D eigenvalue weighted by molar-refractivity contribution is 0.0950. The first-order valence-electron chi connectivity index (χ1n) is 9.23. The minimum Gasteiger partial charge on any atom is -0.348 e. The molecule has 1 aliphatic rings. The Kier molecular flexibility index (Phi) is 5.31. The largest absolute Gasteiger partial charge is 0.348 e. The maximum Gasteiger partial charge on any atom is 0.254 e. The van der Waals surface area contributed by atoms with Crippen LogP contribution in [-0.2, 0) is 6.54 Å². The van der Waals surface area contributed by atoms with E-state index in [1.54, 1.807) is 17.5 Å². The fourth-order valence-corrected chi connectivity index (χ4v) is 3.96. The summed E-state index contributed by atoms with van der Waals surface area (Å²) in [6.45, 7) is 4.45. The van der Waals surface area contributed by atoms with Crippen molar-refractivity contribution in [2.24, 2.45) is 0 Å². The molecule has 2 aromatic heterocycles. The van der Waals surface area contributed by atoms with E-state index in [9.17, 15) is 4.79 Å². The number of carbonyl (C=O) groups excluding carboxylic acids is 1. The van der Waals surface area contributed by atoms with Gasteiger partial charge in [0.05, 0.1) is 28.5 Å². The number of piperidine rings is 1. The molecule has 4 rings (SSSR count). The van der Waals surface area contributed by atoms with Crippen LogP contribution >= 0.6 is 11.3 Å². The molecule has 0 spiro atoms. The number of thiazole rings is 1. The molecule has 0 saturated carbocycles. The van der Waals surface area contributed by atoms with Crippen molar-refractivity contribution >= 4 is 17.2 Å². The number of aromatic nitrogens is 3. The Morgan fingerprint density at radius 3 is 3.15 bits per heavy atom. The second-order valence-corrected chi connectivity index (χ2v) is 7.91. The number of benzene rings is 1. The molecule has 0 radical (unpaired) electrons. The number of rotatable bonds is 5. The zero-order valence-electron chi connectivity index (χ0n) is 15.3. The van der Waals surface area contributed by atoms with Crippen LogP contribution in [0.1, 0.15) is 39.8 Å². The van der Waals surface area contributed by atoms with Crippen LogP contribution in [0.15, 0.2) is 42.0 Å². The van der Waals surface area contributed by atoms with Gasteiger partial charge in [-0.05, 0) is 37.9 Å². The summed E-state index contributed by atoms with van der Waals surface area (Å²) in [5.74, 6) is -0.0973. The minimum atomic E-state index is -0.0973. The molecule has 7 heteroatoms. The van der Waals surface area contributed by atoms with Crippen LogP contribution in [0.5, 0.6) is 0 Å². The fraction of sp³-hybridized carbons (Fsp3) is 0.350. The van der Waals surface area contributed by atoms with Gasteiger partial charge >= 0.3 is 0 Å². The molecule has 1 atom stereocenters. The molecule has 1 saturated heterocycles. The lowest BCUT2D eigenvalue weighted by Gasteiger charge is -2.22. The molecule has 1 fully saturated rings. The number of aryl methyl sites for hydroxylation is 1. The van der Waals surface area contributed by atoms with Crippen molar-refractivity contribution in [2.45, 2.75) is 32.4 Å². The van der Waals surface area contributed by atoms with Crippen LogP contribution < -0.4 is 10.6 Å². The topological polar surface area (TPSA) is 71.8 Å². The third-order valence-electron chi connectivity index (χ3n) is 4.80.